The molecule has 0 bridgehead atoms. The van der Waals surface area contributed by atoms with E-state index in [2.05, 4.69) is 22.2 Å². The molecule has 0 unspecified atom stereocenters. The first-order chi connectivity index (χ1) is 12.0. The highest BCUT2D eigenvalue weighted by Crippen LogP contribution is 2.19. The van der Waals surface area contributed by atoms with Crippen LogP contribution in [0.5, 0.6) is 0 Å². The lowest BCUT2D eigenvalue weighted by molar-refractivity contribution is -0.121. The molecule has 0 radical (unpaired) electrons. The minimum atomic E-state index is -0.219. The molecule has 25 heavy (non-hydrogen) atoms. The Morgan fingerprint density at radius 1 is 1.20 bits per heavy atom. The molecule has 0 fully saturated rings. The van der Waals surface area contributed by atoms with Crippen molar-refractivity contribution in [2.45, 2.75) is 19.8 Å². The van der Waals surface area contributed by atoms with Crippen molar-refractivity contribution in [2.75, 3.05) is 25.9 Å². The van der Waals surface area contributed by atoms with Gasteiger partial charge in [-0.15, -0.1) is 0 Å². The summed E-state index contributed by atoms with van der Waals surface area (Å²) in [6, 6.07) is 7.12. The van der Waals surface area contributed by atoms with Gasteiger partial charge in [0, 0.05) is 37.1 Å². The molecular weight excluding hydrogens is 318 g/mol. The van der Waals surface area contributed by atoms with Crippen molar-refractivity contribution in [1.29, 1.82) is 0 Å². The van der Waals surface area contributed by atoms with Gasteiger partial charge in [-0.2, -0.15) is 0 Å². The van der Waals surface area contributed by atoms with Gasteiger partial charge in [0.25, 0.3) is 5.91 Å². The van der Waals surface area contributed by atoms with Gasteiger partial charge in [-0.05, 0) is 24.1 Å². The van der Waals surface area contributed by atoms with E-state index in [0.717, 1.165) is 24.0 Å². The molecular formula is C18H23N5O2. The van der Waals surface area contributed by atoms with E-state index in [9.17, 15) is 9.59 Å². The first-order valence-electron chi connectivity index (χ1n) is 8.21. The molecule has 7 nitrogen and oxygen atoms in total. The number of carbonyl (C=O) groups excluding carboxylic acids is 2. The number of unbranched alkanes of at least 4 members (excludes halogenated alkanes) is 1. The minimum Gasteiger partial charge on any atom is -0.368 e. The van der Waals surface area contributed by atoms with Crippen LogP contribution in [-0.4, -0.2) is 46.8 Å². The van der Waals surface area contributed by atoms with Crippen LogP contribution in [-0.2, 0) is 4.79 Å². The zero-order chi connectivity index (χ0) is 18.2. The van der Waals surface area contributed by atoms with Crippen molar-refractivity contribution in [2.24, 2.45) is 0 Å². The lowest BCUT2D eigenvalue weighted by atomic mass is 10.1. The van der Waals surface area contributed by atoms with E-state index >= 15 is 0 Å². The number of anilines is 1. The summed E-state index contributed by atoms with van der Waals surface area (Å²) in [5, 5.41) is 2.80. The van der Waals surface area contributed by atoms with Crippen molar-refractivity contribution < 1.29 is 9.59 Å². The maximum atomic E-state index is 12.5. The number of nitrogens with one attached hydrogen (secondary N) is 1. The Morgan fingerprint density at radius 3 is 2.60 bits per heavy atom. The summed E-state index contributed by atoms with van der Waals surface area (Å²) < 4.78 is 0. The van der Waals surface area contributed by atoms with Crippen LogP contribution in [0.4, 0.5) is 5.95 Å². The Labute approximate surface area is 147 Å². The van der Waals surface area contributed by atoms with Crippen LogP contribution in [0.1, 0.15) is 30.1 Å². The highest BCUT2D eigenvalue weighted by molar-refractivity contribution is 5.97. The lowest BCUT2D eigenvalue weighted by Crippen LogP contribution is -2.38. The molecule has 0 aliphatic heterocycles. The number of rotatable bonds is 7. The highest BCUT2D eigenvalue weighted by atomic mass is 16.2. The molecule has 3 N–H and O–H groups in total. The highest BCUT2D eigenvalue weighted by Gasteiger charge is 2.15. The lowest BCUT2D eigenvalue weighted by Gasteiger charge is -2.17. The predicted octanol–water partition coefficient (Wildman–Crippen LogP) is 1.71. The van der Waals surface area contributed by atoms with E-state index in [1.807, 2.05) is 6.07 Å². The van der Waals surface area contributed by atoms with E-state index in [4.69, 9.17) is 5.73 Å². The Bertz CT molecular complexity index is 731. The summed E-state index contributed by atoms with van der Waals surface area (Å²) in [6.07, 6.45) is 5.15. The van der Waals surface area contributed by atoms with E-state index < -0.39 is 0 Å². The van der Waals surface area contributed by atoms with Gasteiger partial charge in [0.05, 0.1) is 6.54 Å². The zero-order valence-corrected chi connectivity index (χ0v) is 14.5. The van der Waals surface area contributed by atoms with E-state index in [1.165, 1.54) is 4.90 Å². The molecule has 2 rings (SSSR count). The number of aromatic nitrogens is 2. The fourth-order valence-electron chi connectivity index (χ4n) is 2.29. The molecule has 7 heteroatoms. The molecule has 1 aromatic heterocycles. The average molecular weight is 341 g/mol. The predicted molar refractivity (Wildman–Crippen MR) is 96.8 cm³/mol. The first-order valence-corrected chi connectivity index (χ1v) is 8.21. The molecule has 0 aliphatic carbocycles. The molecule has 0 saturated heterocycles. The Hall–Kier alpha value is -2.96. The summed E-state index contributed by atoms with van der Waals surface area (Å²) in [5.41, 5.74) is 7.57. The smallest absolute Gasteiger partial charge is 0.254 e. The van der Waals surface area contributed by atoms with Crippen LogP contribution >= 0.6 is 0 Å². The van der Waals surface area contributed by atoms with Crippen LogP contribution in [0, 0.1) is 0 Å². The van der Waals surface area contributed by atoms with Gasteiger partial charge in [-0.3, -0.25) is 9.59 Å². The molecule has 0 atom stereocenters. The molecule has 132 valence electrons. The molecule has 0 aliphatic rings. The third kappa shape index (κ3) is 5.27. The quantitative estimate of drug-likeness (QED) is 0.747. The van der Waals surface area contributed by atoms with Gasteiger partial charge < -0.3 is 16.0 Å². The third-order valence-corrected chi connectivity index (χ3v) is 3.69. The number of benzene rings is 1. The molecule has 1 aromatic carbocycles. The second-order valence-corrected chi connectivity index (χ2v) is 5.78. The van der Waals surface area contributed by atoms with Crippen LogP contribution in [0.25, 0.3) is 11.1 Å². The molecule has 2 aromatic rings. The summed E-state index contributed by atoms with van der Waals surface area (Å²) in [4.78, 5) is 33.7. The summed E-state index contributed by atoms with van der Waals surface area (Å²) in [5.74, 6) is -0.180. The van der Waals surface area contributed by atoms with Crippen molar-refractivity contribution in [3.05, 3.63) is 42.2 Å². The molecule has 1 heterocycles. The maximum absolute atomic E-state index is 12.5. The number of likely N-dealkylation sites (N-methyl/N-ethyl adjacent to an activating group) is 1. The van der Waals surface area contributed by atoms with Gasteiger partial charge in [0.1, 0.15) is 0 Å². The topological polar surface area (TPSA) is 101 Å². The Morgan fingerprint density at radius 2 is 1.92 bits per heavy atom. The number of nitrogens with two attached hydrogens (primary N) is 1. The molecule has 0 spiro atoms. The van der Waals surface area contributed by atoms with Crippen LogP contribution < -0.4 is 11.1 Å². The normalized spacial score (nSPS) is 10.3. The van der Waals surface area contributed by atoms with Crippen molar-refractivity contribution in [3.8, 4) is 11.1 Å². The average Bonchev–Trinajstić information content (AvgIpc) is 2.62. The van der Waals surface area contributed by atoms with Crippen molar-refractivity contribution in [1.82, 2.24) is 20.2 Å². The minimum absolute atomic E-state index is 0.0256. The van der Waals surface area contributed by atoms with Gasteiger partial charge >= 0.3 is 0 Å². The maximum Gasteiger partial charge on any atom is 0.254 e. The van der Waals surface area contributed by atoms with Crippen molar-refractivity contribution >= 4 is 17.8 Å². The Balaban J connectivity index is 2.05. The van der Waals surface area contributed by atoms with E-state index in [0.29, 0.717) is 12.1 Å². The standard InChI is InChI=1S/C18H23N5O2/c1-3-4-8-20-16(24)12-23(2)17(25)14-7-5-6-13(9-14)15-10-21-18(19)22-11-15/h5-7,9-11H,3-4,8,12H2,1-2H3,(H,20,24)(H2,19,21,22). The fourth-order valence-corrected chi connectivity index (χ4v) is 2.29. The largest absolute Gasteiger partial charge is 0.368 e. The van der Waals surface area contributed by atoms with Crippen LogP contribution in [0.15, 0.2) is 36.7 Å². The van der Waals surface area contributed by atoms with Crippen LogP contribution in [0.2, 0.25) is 0 Å². The van der Waals surface area contributed by atoms with Crippen LogP contribution in [0.3, 0.4) is 0 Å². The number of amides is 2. The SMILES string of the molecule is CCCCNC(=O)CN(C)C(=O)c1cccc(-c2cnc(N)nc2)c1. The summed E-state index contributed by atoms with van der Waals surface area (Å²) in [7, 11) is 1.61. The number of carbonyl (C=O) groups is 2. The van der Waals surface area contributed by atoms with E-state index in [1.54, 1.807) is 37.6 Å². The molecule has 2 amide bonds. The monoisotopic (exact) mass is 341 g/mol. The van der Waals surface area contributed by atoms with Gasteiger partial charge in [-0.25, -0.2) is 9.97 Å². The molecule has 0 saturated carbocycles. The Kier molecular flexibility index (Phi) is 6.45. The number of nitrogens with zero attached hydrogens (tertiary/aromatic N) is 3. The number of hydrogen-bond acceptors (Lipinski definition) is 5. The summed E-state index contributed by atoms with van der Waals surface area (Å²) >= 11 is 0. The third-order valence-electron chi connectivity index (χ3n) is 3.69. The number of nitrogen functional groups attached to an aromatic ring is 1. The summed E-state index contributed by atoms with van der Waals surface area (Å²) in [6.45, 7) is 2.71. The fraction of sp³-hybridized carbons (Fsp3) is 0.333. The first kappa shape index (κ1) is 18.4. The second-order valence-electron chi connectivity index (χ2n) is 5.78. The van der Waals surface area contributed by atoms with E-state index in [-0.39, 0.29) is 24.3 Å². The number of hydrogen-bond donors (Lipinski definition) is 2. The zero-order valence-electron chi connectivity index (χ0n) is 14.5. The van der Waals surface area contributed by atoms with Gasteiger partial charge in [0.2, 0.25) is 11.9 Å². The second kappa shape index (κ2) is 8.77. The van der Waals surface area contributed by atoms with Crippen molar-refractivity contribution in [3.63, 3.8) is 0 Å². The van der Waals surface area contributed by atoms with Gasteiger partial charge in [0.15, 0.2) is 0 Å². The van der Waals surface area contributed by atoms with Gasteiger partial charge in [-0.1, -0.05) is 25.5 Å².